The van der Waals surface area contributed by atoms with E-state index in [-0.39, 0.29) is 5.91 Å². The van der Waals surface area contributed by atoms with Crippen molar-refractivity contribution >= 4 is 11.9 Å². The number of nitrogens with one attached hydrogen (secondary N) is 1. The van der Waals surface area contributed by atoms with Gasteiger partial charge in [-0.15, -0.1) is 0 Å². The van der Waals surface area contributed by atoms with Gasteiger partial charge in [0.15, 0.2) is 0 Å². The van der Waals surface area contributed by atoms with Crippen LogP contribution in [0.25, 0.3) is 0 Å². The molecule has 0 aromatic carbocycles. The molecule has 1 aliphatic rings. The monoisotopic (exact) mass is 219 g/mol. The van der Waals surface area contributed by atoms with Gasteiger partial charge in [-0.25, -0.2) is 9.97 Å². The average molecular weight is 219 g/mol. The number of rotatable bonds is 5. The highest BCUT2D eigenvalue weighted by atomic mass is 16.2. The lowest BCUT2D eigenvalue weighted by atomic mass is 10.4. The van der Waals surface area contributed by atoms with Crippen LogP contribution in [0.1, 0.15) is 19.3 Å². The third kappa shape index (κ3) is 2.92. The van der Waals surface area contributed by atoms with Crippen LogP contribution in [-0.4, -0.2) is 40.4 Å². The van der Waals surface area contributed by atoms with Crippen LogP contribution >= 0.6 is 0 Å². The summed E-state index contributed by atoms with van der Waals surface area (Å²) in [4.78, 5) is 21.2. The highest BCUT2D eigenvalue weighted by Crippen LogP contribution is 2.09. The first kappa shape index (κ1) is 10.9. The van der Waals surface area contributed by atoms with Crippen molar-refractivity contribution in [2.24, 2.45) is 0 Å². The number of hydrogen-bond donors (Lipinski definition) is 1. The van der Waals surface area contributed by atoms with Crippen LogP contribution in [0.15, 0.2) is 12.3 Å². The van der Waals surface area contributed by atoms with E-state index in [9.17, 15) is 4.79 Å². The Hall–Kier alpha value is -1.65. The molecule has 2 heterocycles. The average Bonchev–Trinajstić information content (AvgIpc) is 2.72. The topological polar surface area (TPSA) is 58.1 Å². The first-order valence-electron chi connectivity index (χ1n) is 5.57. The molecule has 1 radical (unpaired) electrons. The molecule has 1 saturated heterocycles. The van der Waals surface area contributed by atoms with Crippen molar-refractivity contribution < 1.29 is 4.79 Å². The van der Waals surface area contributed by atoms with Crippen LogP contribution in [0.2, 0.25) is 0 Å². The third-order valence-electron chi connectivity index (χ3n) is 2.58. The summed E-state index contributed by atoms with van der Waals surface area (Å²) in [6.45, 7) is 2.51. The van der Waals surface area contributed by atoms with E-state index in [0.29, 0.717) is 12.4 Å². The van der Waals surface area contributed by atoms with Crippen molar-refractivity contribution in [3.8, 4) is 0 Å². The Morgan fingerprint density at radius 2 is 2.50 bits per heavy atom. The second-order valence-electron chi connectivity index (χ2n) is 3.77. The molecule has 0 bridgehead atoms. The number of aromatic nitrogens is 2. The molecular formula is C11H15N4O. The minimum absolute atomic E-state index is 0.282. The molecule has 1 amide bonds. The number of likely N-dealkylation sites (tertiary alicyclic amines) is 1. The molecule has 1 aromatic heterocycles. The summed E-state index contributed by atoms with van der Waals surface area (Å²) < 4.78 is 0. The van der Waals surface area contributed by atoms with Gasteiger partial charge in [0.25, 0.3) is 0 Å². The second kappa shape index (κ2) is 5.44. The maximum atomic E-state index is 11.3. The molecule has 1 N–H and O–H groups in total. The summed E-state index contributed by atoms with van der Waals surface area (Å²) in [6.07, 6.45) is 7.00. The second-order valence-corrected chi connectivity index (χ2v) is 3.77. The predicted octanol–water partition coefficient (Wildman–Crippen LogP) is 0.701. The summed E-state index contributed by atoms with van der Waals surface area (Å²) in [5.41, 5.74) is 0. The SMILES string of the molecule is O=C1CCCN1CCCNc1n[c]ccn1. The molecule has 0 unspecified atom stereocenters. The lowest BCUT2D eigenvalue weighted by Crippen LogP contribution is -2.27. The quantitative estimate of drug-likeness (QED) is 0.741. The maximum absolute atomic E-state index is 11.3. The van der Waals surface area contributed by atoms with E-state index in [1.54, 1.807) is 12.3 Å². The largest absolute Gasteiger partial charge is 0.354 e. The Balaban J connectivity index is 1.64. The van der Waals surface area contributed by atoms with E-state index in [4.69, 9.17) is 0 Å². The first-order valence-corrected chi connectivity index (χ1v) is 5.57. The van der Waals surface area contributed by atoms with Gasteiger partial charge in [-0.1, -0.05) is 0 Å². The van der Waals surface area contributed by atoms with E-state index in [1.165, 1.54) is 0 Å². The highest BCUT2D eigenvalue weighted by molar-refractivity contribution is 5.77. The molecule has 0 saturated carbocycles. The summed E-state index contributed by atoms with van der Waals surface area (Å²) in [6, 6.07) is 1.66. The van der Waals surface area contributed by atoms with Crippen LogP contribution in [0.5, 0.6) is 0 Å². The zero-order valence-electron chi connectivity index (χ0n) is 9.15. The minimum Gasteiger partial charge on any atom is -0.354 e. The summed E-state index contributed by atoms with van der Waals surface area (Å²) in [5, 5.41) is 3.09. The Morgan fingerprint density at radius 1 is 1.56 bits per heavy atom. The van der Waals surface area contributed by atoms with Gasteiger partial charge in [-0.2, -0.15) is 0 Å². The fourth-order valence-electron chi connectivity index (χ4n) is 1.76. The van der Waals surface area contributed by atoms with Crippen LogP contribution in [-0.2, 0) is 4.79 Å². The molecule has 0 atom stereocenters. The molecule has 2 rings (SSSR count). The molecule has 1 aliphatic heterocycles. The van der Waals surface area contributed by atoms with E-state index in [2.05, 4.69) is 21.5 Å². The van der Waals surface area contributed by atoms with Crippen molar-refractivity contribution in [1.29, 1.82) is 0 Å². The number of anilines is 1. The molecule has 0 aliphatic carbocycles. The number of carbonyl (C=O) groups is 1. The highest BCUT2D eigenvalue weighted by Gasteiger charge is 2.18. The van der Waals surface area contributed by atoms with Gasteiger partial charge in [-0.05, 0) is 18.9 Å². The van der Waals surface area contributed by atoms with E-state index < -0.39 is 0 Å². The van der Waals surface area contributed by atoms with Crippen LogP contribution in [0.3, 0.4) is 0 Å². The zero-order valence-corrected chi connectivity index (χ0v) is 9.15. The summed E-state index contributed by atoms with van der Waals surface area (Å²) >= 11 is 0. The van der Waals surface area contributed by atoms with Crippen molar-refractivity contribution in [1.82, 2.24) is 14.9 Å². The predicted molar refractivity (Wildman–Crippen MR) is 59.8 cm³/mol. The van der Waals surface area contributed by atoms with Gasteiger partial charge >= 0.3 is 0 Å². The van der Waals surface area contributed by atoms with Crippen molar-refractivity contribution in [2.45, 2.75) is 19.3 Å². The zero-order chi connectivity index (χ0) is 11.2. The Kier molecular flexibility index (Phi) is 3.69. The van der Waals surface area contributed by atoms with Gasteiger partial charge < -0.3 is 10.2 Å². The fourth-order valence-corrected chi connectivity index (χ4v) is 1.76. The van der Waals surface area contributed by atoms with Crippen molar-refractivity contribution in [2.75, 3.05) is 25.0 Å². The molecular weight excluding hydrogens is 204 g/mol. The van der Waals surface area contributed by atoms with E-state index in [0.717, 1.165) is 32.5 Å². The molecule has 1 aromatic rings. The van der Waals surface area contributed by atoms with Gasteiger partial charge in [0.05, 0.1) is 6.20 Å². The van der Waals surface area contributed by atoms with Gasteiger partial charge in [0, 0.05) is 32.3 Å². The van der Waals surface area contributed by atoms with Gasteiger partial charge in [0.1, 0.15) is 0 Å². The minimum atomic E-state index is 0.282. The normalized spacial score (nSPS) is 15.5. The number of nitrogens with zero attached hydrogens (tertiary/aromatic N) is 3. The van der Waals surface area contributed by atoms with Gasteiger partial charge in [0.2, 0.25) is 11.9 Å². The van der Waals surface area contributed by atoms with Crippen LogP contribution in [0, 0.1) is 6.20 Å². The summed E-state index contributed by atoms with van der Waals surface area (Å²) in [5.74, 6) is 0.875. The molecule has 5 heteroatoms. The number of carbonyl (C=O) groups excluding carboxylic acids is 1. The van der Waals surface area contributed by atoms with Gasteiger partial charge in [-0.3, -0.25) is 4.79 Å². The first-order chi connectivity index (χ1) is 7.86. The van der Waals surface area contributed by atoms with E-state index >= 15 is 0 Å². The molecule has 85 valence electrons. The lowest BCUT2D eigenvalue weighted by Gasteiger charge is -2.15. The number of amides is 1. The molecule has 5 nitrogen and oxygen atoms in total. The lowest BCUT2D eigenvalue weighted by molar-refractivity contribution is -0.127. The Morgan fingerprint density at radius 3 is 3.19 bits per heavy atom. The third-order valence-corrected chi connectivity index (χ3v) is 2.58. The fraction of sp³-hybridized carbons (Fsp3) is 0.545. The Labute approximate surface area is 94.9 Å². The Bertz CT molecular complexity index is 341. The van der Waals surface area contributed by atoms with Crippen molar-refractivity contribution in [3.63, 3.8) is 0 Å². The summed E-state index contributed by atoms with van der Waals surface area (Å²) in [7, 11) is 0. The molecule has 0 spiro atoms. The smallest absolute Gasteiger partial charge is 0.223 e. The molecule has 16 heavy (non-hydrogen) atoms. The van der Waals surface area contributed by atoms with E-state index in [1.807, 2.05) is 4.90 Å². The van der Waals surface area contributed by atoms with Crippen molar-refractivity contribution in [3.05, 3.63) is 18.5 Å². The standard InChI is InChI=1S/C11H15N4O/c16-10-4-1-8-15(10)9-3-7-14-11-12-5-2-6-13-11/h2,5H,1,3-4,7-9H2,(H,12,13,14). The maximum Gasteiger partial charge on any atom is 0.223 e. The van der Waals surface area contributed by atoms with Crippen LogP contribution in [0.4, 0.5) is 5.95 Å². The van der Waals surface area contributed by atoms with Crippen LogP contribution < -0.4 is 5.32 Å². The number of hydrogen-bond acceptors (Lipinski definition) is 4. The molecule has 1 fully saturated rings.